The molecule has 0 aliphatic carbocycles. The van der Waals surface area contributed by atoms with Crippen molar-refractivity contribution in [2.75, 3.05) is 12.4 Å². The number of rotatable bonds is 15. The number of aryl methyl sites for hydroxylation is 1. The Bertz CT molecular complexity index is 1560. The fraction of sp³-hybridized carbons (Fsp3) is 0.344. The molecule has 0 aliphatic rings. The Labute approximate surface area is 249 Å². The first-order valence-electron chi connectivity index (χ1n) is 13.8. The predicted octanol–water partition coefficient (Wildman–Crippen LogP) is 4.91. The number of sulfonamides is 1. The Hall–Kier alpha value is -3.49. The van der Waals surface area contributed by atoms with Crippen LogP contribution in [0.15, 0.2) is 83.8 Å². The summed E-state index contributed by atoms with van der Waals surface area (Å²) in [4.78, 5) is 13.0. The van der Waals surface area contributed by atoms with Crippen LogP contribution in [0.2, 0.25) is 0 Å². The van der Waals surface area contributed by atoms with Crippen molar-refractivity contribution >= 4 is 26.1 Å². The van der Waals surface area contributed by atoms with Gasteiger partial charge in [-0.15, -0.1) is 0 Å². The van der Waals surface area contributed by atoms with Gasteiger partial charge in [0.1, 0.15) is 12.6 Å². The lowest BCUT2D eigenvalue weighted by molar-refractivity contribution is -0.147. The van der Waals surface area contributed by atoms with E-state index >= 15 is 0 Å². The summed E-state index contributed by atoms with van der Waals surface area (Å²) in [6.45, 7) is 3.85. The second kappa shape index (κ2) is 16.2. The molecular weight excluding hydrogens is 574 g/mol. The highest BCUT2D eigenvalue weighted by Crippen LogP contribution is 2.14. The van der Waals surface area contributed by atoms with Gasteiger partial charge in [-0.05, 0) is 61.6 Å². The van der Waals surface area contributed by atoms with Crippen LogP contribution in [0.5, 0.6) is 0 Å². The van der Waals surface area contributed by atoms with Crippen molar-refractivity contribution in [2.24, 2.45) is 0 Å². The summed E-state index contributed by atoms with van der Waals surface area (Å²) in [5.41, 5.74) is 3.25. The summed E-state index contributed by atoms with van der Waals surface area (Å²) in [6.07, 6.45) is 2.22. The number of benzene rings is 3. The lowest BCUT2D eigenvalue weighted by Gasteiger charge is -2.18. The lowest BCUT2D eigenvalue weighted by atomic mass is 10.0. The number of hydrogen-bond donors (Lipinski definition) is 1. The van der Waals surface area contributed by atoms with Crippen molar-refractivity contribution in [3.05, 3.63) is 101 Å². The zero-order chi connectivity index (χ0) is 30.4. The Morgan fingerprint density at radius 1 is 0.881 bits per heavy atom. The molecule has 0 radical (unpaired) electrons. The van der Waals surface area contributed by atoms with Crippen LogP contribution in [0.3, 0.4) is 0 Å². The van der Waals surface area contributed by atoms with Gasteiger partial charge in [0.25, 0.3) is 10.1 Å². The van der Waals surface area contributed by atoms with E-state index < -0.39 is 32.2 Å². The summed E-state index contributed by atoms with van der Waals surface area (Å²) in [5.74, 6) is 5.32. The molecule has 0 aromatic heterocycles. The van der Waals surface area contributed by atoms with Crippen LogP contribution in [0.1, 0.15) is 54.9 Å². The average Bonchev–Trinajstić information content (AvgIpc) is 2.97. The van der Waals surface area contributed by atoms with E-state index in [1.807, 2.05) is 44.2 Å². The molecule has 0 heterocycles. The van der Waals surface area contributed by atoms with E-state index in [-0.39, 0.29) is 30.3 Å². The molecule has 224 valence electrons. The number of carbonyl (C=O) groups excluding carboxylic acids is 1. The van der Waals surface area contributed by atoms with E-state index in [9.17, 15) is 21.6 Å². The van der Waals surface area contributed by atoms with Gasteiger partial charge in [0.05, 0.1) is 17.3 Å². The van der Waals surface area contributed by atoms with Gasteiger partial charge in [-0.3, -0.25) is 8.98 Å². The standard InChI is InChI=1S/C32H37NO7S2/c1-3-4-23-41(35,36)33-31(32(34)39-25-29-12-7-5-8-13-29)24-28-18-16-27(17-19-28)11-9-6-10-22-40-42(37,38)30-20-14-26(2)15-21-30/h5,7-8,12-21,31,33H,3-4,6,10,22-25H2,1-2H3. The van der Waals surface area contributed by atoms with E-state index in [1.54, 1.807) is 36.4 Å². The van der Waals surface area contributed by atoms with E-state index in [0.29, 0.717) is 25.7 Å². The zero-order valence-electron chi connectivity index (χ0n) is 23.9. The van der Waals surface area contributed by atoms with Gasteiger partial charge in [0.15, 0.2) is 0 Å². The maximum absolute atomic E-state index is 12.9. The Kier molecular flexibility index (Phi) is 12.8. The summed E-state index contributed by atoms with van der Waals surface area (Å²) in [5, 5.41) is 0. The van der Waals surface area contributed by atoms with Crippen LogP contribution in [0.4, 0.5) is 0 Å². The van der Waals surface area contributed by atoms with Crippen molar-refractivity contribution in [3.8, 4) is 11.8 Å². The third kappa shape index (κ3) is 11.4. The summed E-state index contributed by atoms with van der Waals surface area (Å²) >= 11 is 0. The highest BCUT2D eigenvalue weighted by molar-refractivity contribution is 7.89. The first-order valence-corrected chi connectivity index (χ1v) is 16.9. The van der Waals surface area contributed by atoms with E-state index in [2.05, 4.69) is 16.6 Å². The van der Waals surface area contributed by atoms with Crippen LogP contribution >= 0.6 is 0 Å². The Morgan fingerprint density at radius 3 is 2.24 bits per heavy atom. The molecule has 8 nitrogen and oxygen atoms in total. The molecule has 0 spiro atoms. The van der Waals surface area contributed by atoms with Crippen LogP contribution < -0.4 is 4.72 Å². The third-order valence-corrected chi connectivity index (χ3v) is 9.01. The monoisotopic (exact) mass is 611 g/mol. The smallest absolute Gasteiger partial charge is 0.324 e. The van der Waals surface area contributed by atoms with E-state index in [0.717, 1.165) is 22.3 Å². The second-order valence-electron chi connectivity index (χ2n) is 9.83. The molecule has 1 atom stereocenters. The van der Waals surface area contributed by atoms with Crippen molar-refractivity contribution < 1.29 is 30.6 Å². The first-order chi connectivity index (χ1) is 20.1. The van der Waals surface area contributed by atoms with Gasteiger partial charge in [0.2, 0.25) is 10.0 Å². The number of unbranched alkanes of at least 4 members (excludes halogenated alkanes) is 2. The highest BCUT2D eigenvalue weighted by Gasteiger charge is 2.26. The highest BCUT2D eigenvalue weighted by atomic mass is 32.2. The molecule has 10 heteroatoms. The number of hydrogen-bond acceptors (Lipinski definition) is 7. The molecule has 3 aromatic rings. The number of esters is 1. The summed E-state index contributed by atoms with van der Waals surface area (Å²) < 4.78 is 62.7. The Morgan fingerprint density at radius 2 is 1.57 bits per heavy atom. The molecule has 1 N–H and O–H groups in total. The van der Waals surface area contributed by atoms with Crippen molar-refractivity contribution in [1.82, 2.24) is 4.72 Å². The third-order valence-electron chi connectivity index (χ3n) is 6.22. The predicted molar refractivity (Wildman–Crippen MR) is 162 cm³/mol. The van der Waals surface area contributed by atoms with Gasteiger partial charge >= 0.3 is 5.97 Å². The molecule has 0 amide bonds. The molecule has 1 unspecified atom stereocenters. The molecule has 0 fully saturated rings. The zero-order valence-corrected chi connectivity index (χ0v) is 25.5. The minimum Gasteiger partial charge on any atom is -0.460 e. The minimum atomic E-state index is -3.80. The number of ether oxygens (including phenoxy) is 1. The Balaban J connectivity index is 1.54. The molecule has 42 heavy (non-hydrogen) atoms. The van der Waals surface area contributed by atoms with Crippen molar-refractivity contribution in [2.45, 2.75) is 63.5 Å². The lowest BCUT2D eigenvalue weighted by Crippen LogP contribution is -2.44. The molecular formula is C32H37NO7S2. The van der Waals surface area contributed by atoms with Gasteiger partial charge in [0, 0.05) is 12.0 Å². The molecule has 3 rings (SSSR count). The molecule has 0 aliphatic heterocycles. The summed E-state index contributed by atoms with van der Waals surface area (Å²) in [6, 6.07) is 21.8. The second-order valence-corrected chi connectivity index (χ2v) is 13.3. The van der Waals surface area contributed by atoms with E-state index in [4.69, 9.17) is 8.92 Å². The number of nitrogens with one attached hydrogen (secondary N) is 1. The quantitative estimate of drug-likeness (QED) is 0.112. The normalized spacial score (nSPS) is 12.2. The maximum Gasteiger partial charge on any atom is 0.324 e. The van der Waals surface area contributed by atoms with Gasteiger partial charge in [-0.25, -0.2) is 13.1 Å². The van der Waals surface area contributed by atoms with Gasteiger partial charge < -0.3 is 4.74 Å². The topological polar surface area (TPSA) is 116 Å². The van der Waals surface area contributed by atoms with Crippen molar-refractivity contribution in [1.29, 1.82) is 0 Å². The minimum absolute atomic E-state index is 0.0275. The van der Waals surface area contributed by atoms with Crippen LogP contribution in [-0.4, -0.2) is 41.2 Å². The van der Waals surface area contributed by atoms with E-state index in [1.165, 1.54) is 12.1 Å². The largest absolute Gasteiger partial charge is 0.460 e. The van der Waals surface area contributed by atoms with Crippen LogP contribution in [-0.2, 0) is 46.9 Å². The summed E-state index contributed by atoms with van der Waals surface area (Å²) in [7, 11) is -7.46. The fourth-order valence-corrected chi connectivity index (χ4v) is 6.18. The number of carbonyl (C=O) groups is 1. The van der Waals surface area contributed by atoms with Gasteiger partial charge in [-0.2, -0.15) is 8.42 Å². The molecule has 0 saturated carbocycles. The average molecular weight is 612 g/mol. The fourth-order valence-electron chi connectivity index (χ4n) is 3.84. The molecule has 0 saturated heterocycles. The van der Waals surface area contributed by atoms with Gasteiger partial charge in [-0.1, -0.05) is 85.3 Å². The maximum atomic E-state index is 12.9. The van der Waals surface area contributed by atoms with Crippen molar-refractivity contribution in [3.63, 3.8) is 0 Å². The first kappa shape index (κ1) is 33.0. The SMILES string of the molecule is CCCCS(=O)(=O)NC(Cc1ccc(C#CCCCOS(=O)(=O)c2ccc(C)cc2)cc1)C(=O)OCc1ccccc1. The van der Waals surface area contributed by atoms with Crippen LogP contribution in [0.25, 0.3) is 0 Å². The molecule has 0 bridgehead atoms. The molecule has 3 aromatic carbocycles. The van der Waals surface area contributed by atoms with Crippen LogP contribution in [0, 0.1) is 18.8 Å².